The van der Waals surface area contributed by atoms with Crippen molar-refractivity contribution in [3.8, 4) is 0 Å². The van der Waals surface area contributed by atoms with Gasteiger partial charge in [-0.1, -0.05) is 11.9 Å². The molecule has 10 heavy (non-hydrogen) atoms. The molecule has 1 rings (SSSR count). The Hall–Kier alpha value is 0.270. The molecule has 0 aliphatic carbocycles. The summed E-state index contributed by atoms with van der Waals surface area (Å²) in [6.45, 7) is 2.67. The van der Waals surface area contributed by atoms with Gasteiger partial charge < -0.3 is 5.11 Å². The van der Waals surface area contributed by atoms with Crippen molar-refractivity contribution in [1.82, 2.24) is 4.31 Å². The van der Waals surface area contributed by atoms with Crippen molar-refractivity contribution in [2.45, 2.75) is 12.8 Å². The Morgan fingerprint density at radius 1 is 1.50 bits per heavy atom. The average Bonchev–Trinajstić information content (AvgIpc) is 2.05. The Morgan fingerprint density at radius 3 is 2.50 bits per heavy atom. The fourth-order valence-electron chi connectivity index (χ4n) is 1.27. The molecule has 0 saturated carbocycles. The maximum Gasteiger partial charge on any atom is 0.0460 e. The molecule has 3 heteroatoms. The lowest BCUT2D eigenvalue weighted by molar-refractivity contribution is 0.174. The Balaban J connectivity index is 2.17. The fraction of sp³-hybridized carbons (Fsp3) is 1.00. The van der Waals surface area contributed by atoms with Crippen LogP contribution >= 0.6 is 11.9 Å². The van der Waals surface area contributed by atoms with Crippen LogP contribution in [0.25, 0.3) is 0 Å². The van der Waals surface area contributed by atoms with E-state index in [-0.39, 0.29) is 0 Å². The highest BCUT2D eigenvalue weighted by molar-refractivity contribution is 7.96. The quantitative estimate of drug-likeness (QED) is 0.610. The molecule has 0 radical (unpaired) electrons. The minimum Gasteiger partial charge on any atom is -0.396 e. The Bertz CT molecular complexity index is 79.6. The van der Waals surface area contributed by atoms with Crippen molar-refractivity contribution < 1.29 is 5.11 Å². The third-order valence-electron chi connectivity index (χ3n) is 2.09. The van der Waals surface area contributed by atoms with Gasteiger partial charge in [0.25, 0.3) is 0 Å². The van der Waals surface area contributed by atoms with Crippen molar-refractivity contribution in [1.29, 1.82) is 0 Å². The summed E-state index contributed by atoms with van der Waals surface area (Å²) >= 11 is 1.81. The van der Waals surface area contributed by atoms with Crippen LogP contribution in [-0.2, 0) is 0 Å². The first kappa shape index (κ1) is 8.37. The van der Waals surface area contributed by atoms with E-state index in [0.717, 1.165) is 25.9 Å². The van der Waals surface area contributed by atoms with E-state index in [1.54, 1.807) is 0 Å². The zero-order valence-electron chi connectivity index (χ0n) is 6.42. The van der Waals surface area contributed by atoms with Crippen LogP contribution in [0.1, 0.15) is 12.8 Å². The number of hydrogen-bond acceptors (Lipinski definition) is 3. The zero-order valence-corrected chi connectivity index (χ0v) is 7.23. The van der Waals surface area contributed by atoms with E-state index in [4.69, 9.17) is 5.11 Å². The third kappa shape index (κ3) is 2.15. The number of piperidine rings is 1. The van der Waals surface area contributed by atoms with E-state index in [1.807, 2.05) is 11.9 Å². The molecular weight excluding hydrogens is 146 g/mol. The summed E-state index contributed by atoms with van der Waals surface area (Å²) in [5.74, 6) is 0.573. The topological polar surface area (TPSA) is 23.5 Å². The van der Waals surface area contributed by atoms with Gasteiger partial charge in [0, 0.05) is 19.7 Å². The second kappa shape index (κ2) is 4.21. The van der Waals surface area contributed by atoms with E-state index in [2.05, 4.69) is 10.6 Å². The highest BCUT2D eigenvalue weighted by Crippen LogP contribution is 2.20. The Morgan fingerprint density at radius 2 is 2.10 bits per heavy atom. The van der Waals surface area contributed by atoms with E-state index in [1.165, 1.54) is 0 Å². The normalized spacial score (nSPS) is 23.4. The average molecular weight is 161 g/mol. The van der Waals surface area contributed by atoms with Gasteiger partial charge in [-0.2, -0.15) is 0 Å². The van der Waals surface area contributed by atoms with Gasteiger partial charge in [-0.15, -0.1) is 0 Å². The molecule has 1 N–H and O–H groups in total. The molecule has 1 aliphatic heterocycles. The first-order chi connectivity index (χ1) is 4.86. The SMILES string of the molecule is CSN1CCC(CO)CC1. The third-order valence-corrected chi connectivity index (χ3v) is 2.97. The van der Waals surface area contributed by atoms with Crippen LogP contribution in [0.15, 0.2) is 0 Å². The minimum atomic E-state index is 0.377. The van der Waals surface area contributed by atoms with Crippen LogP contribution in [0.4, 0.5) is 0 Å². The van der Waals surface area contributed by atoms with Gasteiger partial charge in [0.15, 0.2) is 0 Å². The van der Waals surface area contributed by atoms with Crippen LogP contribution in [0.5, 0.6) is 0 Å². The van der Waals surface area contributed by atoms with Crippen LogP contribution in [0.2, 0.25) is 0 Å². The molecule has 0 bridgehead atoms. The van der Waals surface area contributed by atoms with Crippen molar-refractivity contribution in [2.75, 3.05) is 26.0 Å². The molecular formula is C7H15NOS. The van der Waals surface area contributed by atoms with Crippen LogP contribution in [0.3, 0.4) is 0 Å². The lowest BCUT2D eigenvalue weighted by Gasteiger charge is -2.28. The number of aliphatic hydroxyl groups is 1. The van der Waals surface area contributed by atoms with Crippen molar-refractivity contribution in [2.24, 2.45) is 5.92 Å². The maximum absolute atomic E-state index is 8.82. The monoisotopic (exact) mass is 161 g/mol. The van der Waals surface area contributed by atoms with Gasteiger partial charge in [-0.05, 0) is 25.0 Å². The molecule has 0 aromatic heterocycles. The van der Waals surface area contributed by atoms with Crippen LogP contribution < -0.4 is 0 Å². The van der Waals surface area contributed by atoms with Crippen molar-refractivity contribution in [3.63, 3.8) is 0 Å². The van der Waals surface area contributed by atoms with Crippen LogP contribution in [0, 0.1) is 5.92 Å². The van der Waals surface area contributed by atoms with E-state index in [9.17, 15) is 0 Å². The largest absolute Gasteiger partial charge is 0.396 e. The molecule has 1 saturated heterocycles. The lowest BCUT2D eigenvalue weighted by Crippen LogP contribution is -2.29. The first-order valence-electron chi connectivity index (χ1n) is 3.76. The summed E-state index contributed by atoms with van der Waals surface area (Å²) in [5, 5.41) is 8.82. The van der Waals surface area contributed by atoms with Gasteiger partial charge in [-0.25, -0.2) is 0 Å². The highest BCUT2D eigenvalue weighted by Gasteiger charge is 2.16. The van der Waals surface area contributed by atoms with Crippen molar-refractivity contribution in [3.05, 3.63) is 0 Å². The smallest absolute Gasteiger partial charge is 0.0460 e. The Kier molecular flexibility index (Phi) is 3.52. The second-order valence-corrected chi connectivity index (χ2v) is 3.62. The molecule has 0 aromatic rings. The Labute approximate surface area is 66.7 Å². The second-order valence-electron chi connectivity index (χ2n) is 2.74. The molecule has 0 aromatic carbocycles. The number of aliphatic hydroxyl groups excluding tert-OH is 1. The number of rotatable bonds is 2. The first-order valence-corrected chi connectivity index (χ1v) is 4.95. The van der Waals surface area contributed by atoms with Crippen molar-refractivity contribution >= 4 is 11.9 Å². The summed E-state index contributed by atoms with van der Waals surface area (Å²) in [6, 6.07) is 0. The van der Waals surface area contributed by atoms with Gasteiger partial charge in [0.2, 0.25) is 0 Å². The number of nitrogens with zero attached hydrogens (tertiary/aromatic N) is 1. The molecule has 1 fully saturated rings. The summed E-state index contributed by atoms with van der Waals surface area (Å²) in [4.78, 5) is 0. The van der Waals surface area contributed by atoms with E-state index in [0.29, 0.717) is 12.5 Å². The van der Waals surface area contributed by atoms with E-state index < -0.39 is 0 Å². The maximum atomic E-state index is 8.82. The van der Waals surface area contributed by atoms with Gasteiger partial charge in [-0.3, -0.25) is 4.31 Å². The minimum absolute atomic E-state index is 0.377. The standard InChI is InChI=1S/C7H15NOS/c1-10-8-4-2-7(6-9)3-5-8/h7,9H,2-6H2,1H3. The summed E-state index contributed by atoms with van der Waals surface area (Å²) in [7, 11) is 0. The fourth-order valence-corrected chi connectivity index (χ4v) is 1.85. The zero-order chi connectivity index (χ0) is 7.40. The van der Waals surface area contributed by atoms with E-state index >= 15 is 0 Å². The van der Waals surface area contributed by atoms with Gasteiger partial charge in [0.05, 0.1) is 0 Å². The highest BCUT2D eigenvalue weighted by atomic mass is 32.2. The predicted octanol–water partition coefficient (Wildman–Crippen LogP) is 0.969. The molecule has 0 unspecified atom stereocenters. The predicted molar refractivity (Wildman–Crippen MR) is 44.9 cm³/mol. The molecule has 1 aliphatic rings. The summed E-state index contributed by atoms with van der Waals surface area (Å²) < 4.78 is 2.35. The summed E-state index contributed by atoms with van der Waals surface area (Å²) in [5.41, 5.74) is 0. The number of hydrogen-bond donors (Lipinski definition) is 1. The molecule has 1 heterocycles. The molecule has 0 amide bonds. The van der Waals surface area contributed by atoms with Gasteiger partial charge in [0.1, 0.15) is 0 Å². The molecule has 0 atom stereocenters. The molecule has 60 valence electrons. The van der Waals surface area contributed by atoms with Crippen LogP contribution in [-0.4, -0.2) is 35.4 Å². The molecule has 2 nitrogen and oxygen atoms in total. The van der Waals surface area contributed by atoms with Gasteiger partial charge >= 0.3 is 0 Å². The summed E-state index contributed by atoms with van der Waals surface area (Å²) in [6.07, 6.45) is 4.44. The lowest BCUT2D eigenvalue weighted by atomic mass is 10.00. The molecule has 0 spiro atoms.